The Labute approximate surface area is 104 Å². The van der Waals surface area contributed by atoms with E-state index in [0.29, 0.717) is 22.0 Å². The molecule has 0 amide bonds. The summed E-state index contributed by atoms with van der Waals surface area (Å²) >= 11 is 8.98. The fraction of sp³-hybridized carbons (Fsp3) is 0.222. The number of fused-ring (bicyclic) bond motifs is 1. The molecule has 2 rings (SSSR count). The molecule has 0 N–H and O–H groups in total. The van der Waals surface area contributed by atoms with E-state index in [1.807, 2.05) is 0 Å². The van der Waals surface area contributed by atoms with Crippen LogP contribution in [-0.2, 0) is 4.74 Å². The van der Waals surface area contributed by atoms with E-state index in [1.165, 1.54) is 4.52 Å². The van der Waals surface area contributed by atoms with Gasteiger partial charge in [0.25, 0.3) is 0 Å². The summed E-state index contributed by atoms with van der Waals surface area (Å²) in [6.45, 7) is 2.03. The number of imidazole rings is 1. The minimum atomic E-state index is -0.490. The Bertz CT molecular complexity index is 555. The van der Waals surface area contributed by atoms with E-state index in [9.17, 15) is 4.79 Å². The summed E-state index contributed by atoms with van der Waals surface area (Å²) in [5, 5.41) is 4.32. The fourth-order valence-electron chi connectivity index (χ4n) is 1.21. The van der Waals surface area contributed by atoms with Gasteiger partial charge >= 0.3 is 5.97 Å². The Hall–Kier alpha value is -1.14. The Balaban J connectivity index is 2.56. The van der Waals surface area contributed by atoms with Crippen LogP contribution in [0.2, 0.25) is 5.15 Å². The largest absolute Gasteiger partial charge is 0.461 e. The summed E-state index contributed by atoms with van der Waals surface area (Å²) in [6, 6.07) is 3.27. The lowest BCUT2D eigenvalue weighted by atomic mass is 10.5. The monoisotopic (exact) mass is 303 g/mol. The van der Waals surface area contributed by atoms with Crippen molar-refractivity contribution >= 4 is 39.1 Å². The van der Waals surface area contributed by atoms with Crippen molar-refractivity contribution in [2.24, 2.45) is 0 Å². The summed E-state index contributed by atoms with van der Waals surface area (Å²) < 4.78 is 6.74. The third-order valence-electron chi connectivity index (χ3n) is 1.86. The molecule has 7 heteroatoms. The van der Waals surface area contributed by atoms with E-state index in [1.54, 1.807) is 19.1 Å². The van der Waals surface area contributed by atoms with Crippen molar-refractivity contribution in [1.29, 1.82) is 0 Å². The van der Waals surface area contributed by atoms with Crippen LogP contribution in [0.3, 0.4) is 0 Å². The van der Waals surface area contributed by atoms with Gasteiger partial charge < -0.3 is 4.74 Å². The molecule has 0 aromatic carbocycles. The van der Waals surface area contributed by atoms with E-state index < -0.39 is 5.97 Å². The topological polar surface area (TPSA) is 56.5 Å². The van der Waals surface area contributed by atoms with Crippen LogP contribution >= 0.6 is 27.5 Å². The lowest BCUT2D eigenvalue weighted by Crippen LogP contribution is -2.05. The van der Waals surface area contributed by atoms with Crippen LogP contribution < -0.4 is 0 Å². The van der Waals surface area contributed by atoms with Crippen molar-refractivity contribution in [3.05, 3.63) is 27.6 Å². The lowest BCUT2D eigenvalue weighted by Gasteiger charge is -1.97. The van der Waals surface area contributed by atoms with Crippen LogP contribution in [-0.4, -0.2) is 27.2 Å². The lowest BCUT2D eigenvalue weighted by molar-refractivity contribution is 0.0519. The van der Waals surface area contributed by atoms with E-state index in [4.69, 9.17) is 16.3 Å². The van der Waals surface area contributed by atoms with Gasteiger partial charge in [-0.2, -0.15) is 5.10 Å². The Kier molecular flexibility index (Phi) is 3.11. The van der Waals surface area contributed by atoms with E-state index in [0.717, 1.165) is 0 Å². The van der Waals surface area contributed by atoms with Gasteiger partial charge in [-0.1, -0.05) is 11.6 Å². The molecule has 0 radical (unpaired) electrons. The number of nitrogens with zero attached hydrogens (tertiary/aromatic N) is 3. The minimum Gasteiger partial charge on any atom is -0.461 e. The summed E-state index contributed by atoms with van der Waals surface area (Å²) in [5.41, 5.74) is 0.718. The van der Waals surface area contributed by atoms with Gasteiger partial charge in [0.2, 0.25) is 0 Å². The Morgan fingerprint density at radius 2 is 2.38 bits per heavy atom. The molecule has 0 saturated carbocycles. The first-order chi connectivity index (χ1) is 7.63. The van der Waals surface area contributed by atoms with Gasteiger partial charge in [-0.15, -0.1) is 0 Å². The third-order valence-corrected chi connectivity index (χ3v) is 2.77. The zero-order valence-electron chi connectivity index (χ0n) is 8.28. The molecule has 0 atom stereocenters. The van der Waals surface area contributed by atoms with Gasteiger partial charge in [-0.05, 0) is 35.0 Å². The van der Waals surface area contributed by atoms with E-state index in [2.05, 4.69) is 26.0 Å². The molecule has 0 aliphatic heterocycles. The van der Waals surface area contributed by atoms with Crippen LogP contribution in [0.1, 0.15) is 17.4 Å². The maximum atomic E-state index is 11.5. The number of carbonyl (C=O) groups excluding carboxylic acids is 1. The number of aromatic nitrogens is 3. The first-order valence-electron chi connectivity index (χ1n) is 4.51. The number of rotatable bonds is 2. The van der Waals surface area contributed by atoms with Crippen molar-refractivity contribution in [3.8, 4) is 0 Å². The molecular formula is C9H7BrClN3O2. The molecule has 0 aliphatic carbocycles. The maximum Gasteiger partial charge on any atom is 0.359 e. The quantitative estimate of drug-likeness (QED) is 0.799. The number of hydrogen-bond donors (Lipinski definition) is 0. The van der Waals surface area contributed by atoms with E-state index in [-0.39, 0.29) is 5.69 Å². The highest BCUT2D eigenvalue weighted by molar-refractivity contribution is 9.10. The Morgan fingerprint density at radius 1 is 1.62 bits per heavy atom. The number of esters is 1. The van der Waals surface area contributed by atoms with Crippen molar-refractivity contribution in [2.75, 3.05) is 6.61 Å². The maximum absolute atomic E-state index is 11.5. The average molecular weight is 305 g/mol. The van der Waals surface area contributed by atoms with Crippen molar-refractivity contribution in [1.82, 2.24) is 14.6 Å². The molecule has 2 aromatic heterocycles. The molecular weight excluding hydrogens is 297 g/mol. The van der Waals surface area contributed by atoms with Crippen LogP contribution in [0.15, 0.2) is 16.7 Å². The van der Waals surface area contributed by atoms with Gasteiger partial charge in [-0.25, -0.2) is 14.3 Å². The molecule has 0 saturated heterocycles. The molecule has 0 bridgehead atoms. The molecule has 16 heavy (non-hydrogen) atoms. The third kappa shape index (κ3) is 1.90. The SMILES string of the molecule is CCOC(=O)c1nc2ccc(Cl)nn2c1Br. The first-order valence-corrected chi connectivity index (χ1v) is 5.68. The zero-order chi connectivity index (χ0) is 11.7. The van der Waals surface area contributed by atoms with Gasteiger partial charge in [0.1, 0.15) is 9.76 Å². The van der Waals surface area contributed by atoms with Gasteiger partial charge in [0.15, 0.2) is 11.3 Å². The van der Waals surface area contributed by atoms with Crippen LogP contribution in [0.4, 0.5) is 0 Å². The number of carbonyl (C=O) groups is 1. The number of halogens is 2. The number of ether oxygens (including phenoxy) is 1. The molecule has 84 valence electrons. The van der Waals surface area contributed by atoms with Gasteiger partial charge in [0, 0.05) is 0 Å². The average Bonchev–Trinajstić information content (AvgIpc) is 2.57. The molecule has 5 nitrogen and oxygen atoms in total. The van der Waals surface area contributed by atoms with Crippen molar-refractivity contribution < 1.29 is 9.53 Å². The van der Waals surface area contributed by atoms with E-state index >= 15 is 0 Å². The molecule has 0 spiro atoms. The minimum absolute atomic E-state index is 0.191. The second kappa shape index (κ2) is 4.39. The normalized spacial score (nSPS) is 10.7. The summed E-state index contributed by atoms with van der Waals surface area (Å²) in [6.07, 6.45) is 0. The molecule has 0 fully saturated rings. The summed E-state index contributed by atoms with van der Waals surface area (Å²) in [4.78, 5) is 15.6. The second-order valence-corrected chi connectivity index (χ2v) is 4.04. The van der Waals surface area contributed by atoms with Crippen molar-refractivity contribution in [2.45, 2.75) is 6.92 Å². The van der Waals surface area contributed by atoms with Crippen molar-refractivity contribution in [3.63, 3.8) is 0 Å². The summed E-state index contributed by atoms with van der Waals surface area (Å²) in [5.74, 6) is -0.490. The highest BCUT2D eigenvalue weighted by Gasteiger charge is 2.18. The zero-order valence-corrected chi connectivity index (χ0v) is 10.6. The number of hydrogen-bond acceptors (Lipinski definition) is 4. The molecule has 2 heterocycles. The highest BCUT2D eigenvalue weighted by Crippen LogP contribution is 2.19. The van der Waals surface area contributed by atoms with Crippen LogP contribution in [0.25, 0.3) is 5.65 Å². The summed E-state index contributed by atoms with van der Waals surface area (Å²) in [7, 11) is 0. The fourth-order valence-corrected chi connectivity index (χ4v) is 1.86. The standard InChI is InChI=1S/C9H7BrClN3O2/c1-2-16-9(15)7-8(10)14-6(12-7)4-3-5(11)13-14/h3-4H,2H2,1H3. The molecule has 0 aliphatic rings. The highest BCUT2D eigenvalue weighted by atomic mass is 79.9. The first kappa shape index (κ1) is 11.3. The Morgan fingerprint density at radius 3 is 3.06 bits per heavy atom. The smallest absolute Gasteiger partial charge is 0.359 e. The van der Waals surface area contributed by atoms with Gasteiger partial charge in [-0.3, -0.25) is 0 Å². The molecule has 0 unspecified atom stereocenters. The molecule has 2 aromatic rings. The predicted molar refractivity (Wildman–Crippen MR) is 61.7 cm³/mol. The van der Waals surface area contributed by atoms with Gasteiger partial charge in [0.05, 0.1) is 6.61 Å². The predicted octanol–water partition coefficient (Wildman–Crippen LogP) is 2.32. The second-order valence-electron chi connectivity index (χ2n) is 2.90. The van der Waals surface area contributed by atoms with Crippen LogP contribution in [0, 0.1) is 0 Å². The van der Waals surface area contributed by atoms with Crippen LogP contribution in [0.5, 0.6) is 0 Å².